The van der Waals surface area contributed by atoms with Gasteiger partial charge in [-0.3, -0.25) is 10.1 Å². The van der Waals surface area contributed by atoms with Gasteiger partial charge in [-0.2, -0.15) is 0 Å². The van der Waals surface area contributed by atoms with E-state index in [4.69, 9.17) is 16.3 Å². The van der Waals surface area contributed by atoms with E-state index in [1.54, 1.807) is 0 Å². The van der Waals surface area contributed by atoms with Crippen molar-refractivity contribution >= 4 is 45.7 Å². The van der Waals surface area contributed by atoms with E-state index in [-0.39, 0.29) is 17.8 Å². The molecule has 3 aromatic rings. The van der Waals surface area contributed by atoms with Crippen LogP contribution >= 0.6 is 34.7 Å². The van der Waals surface area contributed by atoms with E-state index in [1.807, 2.05) is 43.5 Å². The van der Waals surface area contributed by atoms with Gasteiger partial charge in [0.25, 0.3) is 0 Å². The largest absolute Gasteiger partial charge is 0.481 e. The molecule has 2 heterocycles. The highest BCUT2D eigenvalue weighted by Crippen LogP contribution is 2.35. The molecule has 1 unspecified atom stereocenters. The molecule has 34 heavy (non-hydrogen) atoms. The topological polar surface area (TPSA) is 94.8 Å². The zero-order valence-corrected chi connectivity index (χ0v) is 22.0. The van der Waals surface area contributed by atoms with Crippen LogP contribution in [-0.4, -0.2) is 36.6 Å². The Morgan fingerprint density at radius 1 is 1.26 bits per heavy atom. The van der Waals surface area contributed by atoms with Crippen LogP contribution in [0.15, 0.2) is 23.4 Å². The van der Waals surface area contributed by atoms with Gasteiger partial charge in [-0.1, -0.05) is 60.0 Å². The van der Waals surface area contributed by atoms with E-state index in [9.17, 15) is 4.79 Å². The van der Waals surface area contributed by atoms with Gasteiger partial charge in [0.2, 0.25) is 11.0 Å². The van der Waals surface area contributed by atoms with E-state index in [2.05, 4.69) is 25.7 Å². The molecular weight excluding hydrogens is 492 g/mol. The van der Waals surface area contributed by atoms with Crippen LogP contribution in [0.1, 0.15) is 74.4 Å². The number of ether oxygens (including phenoxy) is 1. The van der Waals surface area contributed by atoms with Crippen molar-refractivity contribution in [2.24, 2.45) is 0 Å². The lowest BCUT2D eigenvalue weighted by Gasteiger charge is -2.18. The predicted molar refractivity (Wildman–Crippen MR) is 136 cm³/mol. The van der Waals surface area contributed by atoms with Gasteiger partial charge in [-0.05, 0) is 51.3 Å². The smallest absolute Gasteiger partial charge is 0.236 e. The SMILES string of the molecule is CCn1c(SCC(=O)Nc2nnc(C3CCCCC3)s2)nnc1C(C)Oc1cc(C)ccc1Cl. The number of hydrogen-bond donors (Lipinski definition) is 1. The third kappa shape index (κ3) is 6.09. The van der Waals surface area contributed by atoms with Crippen LogP contribution in [-0.2, 0) is 11.3 Å². The molecule has 0 saturated heterocycles. The summed E-state index contributed by atoms with van der Waals surface area (Å²) in [5.41, 5.74) is 1.06. The molecule has 0 aliphatic heterocycles. The maximum atomic E-state index is 12.5. The first-order valence-corrected chi connectivity index (χ1v) is 13.7. The number of amides is 1. The summed E-state index contributed by atoms with van der Waals surface area (Å²) in [6, 6.07) is 5.66. The van der Waals surface area contributed by atoms with Gasteiger partial charge in [0.15, 0.2) is 17.1 Å². The average molecular weight is 521 g/mol. The summed E-state index contributed by atoms with van der Waals surface area (Å²) in [6.07, 6.45) is 5.74. The van der Waals surface area contributed by atoms with Crippen molar-refractivity contribution in [1.29, 1.82) is 0 Å². The molecule has 4 rings (SSSR count). The van der Waals surface area contributed by atoms with Crippen molar-refractivity contribution in [1.82, 2.24) is 25.0 Å². The number of anilines is 1. The second kappa shape index (κ2) is 11.5. The number of carbonyl (C=O) groups excluding carboxylic acids is 1. The fraction of sp³-hybridized carbons (Fsp3) is 0.522. The second-order valence-electron chi connectivity index (χ2n) is 8.40. The van der Waals surface area contributed by atoms with Crippen LogP contribution in [0.4, 0.5) is 5.13 Å². The van der Waals surface area contributed by atoms with E-state index in [1.165, 1.54) is 42.4 Å². The second-order valence-corrected chi connectivity index (χ2v) is 10.8. The molecule has 2 aromatic heterocycles. The van der Waals surface area contributed by atoms with E-state index < -0.39 is 0 Å². The van der Waals surface area contributed by atoms with Crippen molar-refractivity contribution in [3.63, 3.8) is 0 Å². The van der Waals surface area contributed by atoms with Crippen LogP contribution in [0.2, 0.25) is 5.02 Å². The van der Waals surface area contributed by atoms with Gasteiger partial charge in [-0.25, -0.2) is 0 Å². The van der Waals surface area contributed by atoms with Gasteiger partial charge in [0, 0.05) is 12.5 Å². The lowest BCUT2D eigenvalue weighted by atomic mass is 9.90. The summed E-state index contributed by atoms with van der Waals surface area (Å²) >= 11 is 9.10. The molecule has 1 N–H and O–H groups in total. The third-order valence-corrected chi connectivity index (χ3v) is 8.07. The normalized spacial score (nSPS) is 15.3. The summed E-state index contributed by atoms with van der Waals surface area (Å²) in [6.45, 7) is 6.57. The molecule has 1 aliphatic carbocycles. The first kappa shape index (κ1) is 24.9. The fourth-order valence-electron chi connectivity index (χ4n) is 4.03. The van der Waals surface area contributed by atoms with Crippen molar-refractivity contribution < 1.29 is 9.53 Å². The summed E-state index contributed by atoms with van der Waals surface area (Å²) in [5, 5.41) is 22.8. The molecule has 11 heteroatoms. The number of nitrogens with zero attached hydrogens (tertiary/aromatic N) is 5. The summed E-state index contributed by atoms with van der Waals surface area (Å²) < 4.78 is 8.02. The number of carbonyl (C=O) groups is 1. The zero-order valence-electron chi connectivity index (χ0n) is 19.6. The molecule has 182 valence electrons. The summed E-state index contributed by atoms with van der Waals surface area (Å²) in [7, 11) is 0. The molecule has 0 radical (unpaired) electrons. The Balaban J connectivity index is 1.34. The van der Waals surface area contributed by atoms with Gasteiger partial charge in [0.1, 0.15) is 10.8 Å². The van der Waals surface area contributed by atoms with Gasteiger partial charge in [0.05, 0.1) is 10.8 Å². The maximum Gasteiger partial charge on any atom is 0.236 e. The third-order valence-electron chi connectivity index (χ3n) is 5.79. The van der Waals surface area contributed by atoms with Crippen LogP contribution in [0.3, 0.4) is 0 Å². The first-order valence-electron chi connectivity index (χ1n) is 11.6. The molecule has 0 spiro atoms. The molecule has 1 fully saturated rings. The summed E-state index contributed by atoms with van der Waals surface area (Å²) in [5.74, 6) is 1.84. The number of halogens is 1. The molecule has 1 saturated carbocycles. The molecule has 1 atom stereocenters. The fourth-order valence-corrected chi connectivity index (χ4v) is 5.93. The van der Waals surface area contributed by atoms with Crippen LogP contribution in [0, 0.1) is 6.92 Å². The Bertz CT molecular complexity index is 1130. The Hall–Kier alpha value is -2.17. The Morgan fingerprint density at radius 2 is 2.06 bits per heavy atom. The highest BCUT2D eigenvalue weighted by atomic mass is 35.5. The number of aryl methyl sites for hydroxylation is 1. The van der Waals surface area contributed by atoms with Crippen molar-refractivity contribution in [3.05, 3.63) is 39.6 Å². The number of hydrogen-bond acceptors (Lipinski definition) is 8. The van der Waals surface area contributed by atoms with Crippen molar-refractivity contribution in [2.45, 2.75) is 76.6 Å². The maximum absolute atomic E-state index is 12.5. The Morgan fingerprint density at radius 3 is 2.82 bits per heavy atom. The van der Waals surface area contributed by atoms with Crippen LogP contribution in [0.5, 0.6) is 5.75 Å². The molecule has 1 aromatic carbocycles. The highest BCUT2D eigenvalue weighted by Gasteiger charge is 2.22. The number of benzene rings is 1. The Kier molecular flexibility index (Phi) is 8.44. The van der Waals surface area contributed by atoms with Crippen molar-refractivity contribution in [3.8, 4) is 5.75 Å². The van der Waals surface area contributed by atoms with Crippen molar-refractivity contribution in [2.75, 3.05) is 11.1 Å². The van der Waals surface area contributed by atoms with Gasteiger partial charge >= 0.3 is 0 Å². The number of aromatic nitrogens is 5. The van der Waals surface area contributed by atoms with E-state index in [0.717, 1.165) is 23.4 Å². The minimum Gasteiger partial charge on any atom is -0.481 e. The van der Waals surface area contributed by atoms with E-state index in [0.29, 0.717) is 39.3 Å². The lowest BCUT2D eigenvalue weighted by Crippen LogP contribution is -2.15. The van der Waals surface area contributed by atoms with Crippen LogP contribution in [0.25, 0.3) is 0 Å². The lowest BCUT2D eigenvalue weighted by molar-refractivity contribution is -0.113. The number of thioether (sulfide) groups is 1. The average Bonchev–Trinajstić information content (AvgIpc) is 3.47. The molecule has 8 nitrogen and oxygen atoms in total. The standard InChI is InChI=1S/C23H29ClN6O2S2/c1-4-30-20(15(3)32-18-12-14(2)10-11-17(18)24)26-29-23(30)33-13-19(31)25-22-28-27-21(34-22)16-8-6-5-7-9-16/h10-12,15-16H,4-9,13H2,1-3H3,(H,25,28,31). The van der Waals surface area contributed by atoms with Gasteiger partial charge in [-0.15, -0.1) is 20.4 Å². The highest BCUT2D eigenvalue weighted by molar-refractivity contribution is 7.99. The molecular formula is C23H29ClN6O2S2. The Labute approximate surface area is 212 Å². The molecule has 0 bridgehead atoms. The minimum absolute atomic E-state index is 0.139. The number of nitrogens with one attached hydrogen (secondary N) is 1. The zero-order chi connectivity index (χ0) is 24.1. The predicted octanol–water partition coefficient (Wildman–Crippen LogP) is 6.03. The number of rotatable bonds is 9. The quantitative estimate of drug-likeness (QED) is 0.344. The monoisotopic (exact) mass is 520 g/mol. The summed E-state index contributed by atoms with van der Waals surface area (Å²) in [4.78, 5) is 12.5. The minimum atomic E-state index is -0.352. The van der Waals surface area contributed by atoms with Gasteiger partial charge < -0.3 is 9.30 Å². The van der Waals surface area contributed by atoms with E-state index >= 15 is 0 Å². The molecule has 1 amide bonds. The first-order chi connectivity index (χ1) is 16.4. The van der Waals surface area contributed by atoms with Crippen LogP contribution < -0.4 is 10.1 Å². The molecule has 1 aliphatic rings.